The van der Waals surface area contributed by atoms with Gasteiger partial charge in [0.15, 0.2) is 0 Å². The molecule has 0 radical (unpaired) electrons. The van der Waals surface area contributed by atoms with Crippen LogP contribution in [-0.4, -0.2) is 16.0 Å². The smallest absolute Gasteiger partial charge is 0.343 e. The summed E-state index contributed by atoms with van der Waals surface area (Å²) in [5.41, 5.74) is 0.924. The zero-order valence-electron chi connectivity index (χ0n) is 13.8. The molecule has 3 aromatic rings. The van der Waals surface area contributed by atoms with Crippen LogP contribution in [0.5, 0.6) is 0 Å². The summed E-state index contributed by atoms with van der Waals surface area (Å²) >= 11 is 6.66. The molecule has 7 heteroatoms. The fraction of sp³-hybridized carbons (Fsp3) is 0.0500. The summed E-state index contributed by atoms with van der Waals surface area (Å²) < 4.78 is 5.27. The van der Waals surface area contributed by atoms with Gasteiger partial charge in [-0.15, -0.1) is 0 Å². The first-order valence-corrected chi connectivity index (χ1v) is 9.23. The minimum Gasteiger partial charge on any atom is -0.422 e. The van der Waals surface area contributed by atoms with Crippen molar-refractivity contribution in [3.05, 3.63) is 86.1 Å². The van der Waals surface area contributed by atoms with Crippen LogP contribution in [-0.2, 0) is 11.3 Å². The number of fused-ring (bicyclic) bond motifs is 1. The monoisotopic (exact) mass is 397 g/mol. The molecular weight excluding hydrogens is 386 g/mol. The van der Waals surface area contributed by atoms with E-state index in [1.54, 1.807) is 42.5 Å². The molecule has 5 nitrogen and oxygen atoms in total. The second-order valence-electron chi connectivity index (χ2n) is 5.92. The Balaban J connectivity index is 1.64. The third-order valence-electron chi connectivity index (χ3n) is 4.08. The number of hydrogen-bond acceptors (Lipinski definition) is 5. The standard InChI is InChI=1S/C20H12ClNO4S/c21-15-7-5-12(6-8-15)11-22-18(23)17(27-20(22)25)10-14-9-13-3-1-2-4-16(13)26-19(14)24/h1-10H,11H2. The number of rotatable bonds is 3. The van der Waals surface area contributed by atoms with E-state index < -0.39 is 11.5 Å². The zero-order valence-corrected chi connectivity index (χ0v) is 15.4. The minimum atomic E-state index is -0.557. The van der Waals surface area contributed by atoms with Crippen molar-refractivity contribution in [3.8, 4) is 0 Å². The van der Waals surface area contributed by atoms with Gasteiger partial charge in [-0.25, -0.2) is 4.79 Å². The lowest BCUT2D eigenvalue weighted by atomic mass is 10.1. The summed E-state index contributed by atoms with van der Waals surface area (Å²) in [6.07, 6.45) is 1.41. The first kappa shape index (κ1) is 17.6. The Kier molecular flexibility index (Phi) is 4.59. The summed E-state index contributed by atoms with van der Waals surface area (Å²) in [5.74, 6) is -0.437. The van der Waals surface area contributed by atoms with Crippen LogP contribution in [0.25, 0.3) is 17.0 Å². The molecule has 1 aliphatic heterocycles. The molecule has 1 saturated heterocycles. The van der Waals surface area contributed by atoms with Crippen molar-refractivity contribution >= 4 is 51.6 Å². The number of imide groups is 1. The van der Waals surface area contributed by atoms with Gasteiger partial charge in [-0.05, 0) is 47.7 Å². The van der Waals surface area contributed by atoms with E-state index in [2.05, 4.69) is 0 Å². The lowest BCUT2D eigenvalue weighted by Crippen LogP contribution is -2.27. The molecule has 1 aromatic heterocycles. The topological polar surface area (TPSA) is 67.6 Å². The van der Waals surface area contributed by atoms with E-state index in [1.165, 1.54) is 6.08 Å². The summed E-state index contributed by atoms with van der Waals surface area (Å²) in [6, 6.07) is 15.7. The maximum Gasteiger partial charge on any atom is 0.343 e. The molecule has 1 fully saturated rings. The highest BCUT2D eigenvalue weighted by Gasteiger charge is 2.35. The van der Waals surface area contributed by atoms with Crippen molar-refractivity contribution in [2.24, 2.45) is 0 Å². The van der Waals surface area contributed by atoms with Crippen LogP contribution >= 0.6 is 23.4 Å². The number of amides is 2. The van der Waals surface area contributed by atoms with Crippen molar-refractivity contribution in [2.75, 3.05) is 0 Å². The number of hydrogen-bond donors (Lipinski definition) is 0. The number of nitrogens with zero attached hydrogens (tertiary/aromatic N) is 1. The third-order valence-corrected chi connectivity index (χ3v) is 5.24. The number of para-hydroxylation sites is 1. The number of thioether (sulfide) groups is 1. The predicted octanol–water partition coefficient (Wildman–Crippen LogP) is 4.68. The van der Waals surface area contributed by atoms with Crippen LogP contribution < -0.4 is 5.63 Å². The molecule has 0 N–H and O–H groups in total. The van der Waals surface area contributed by atoms with Crippen LogP contribution in [0, 0.1) is 0 Å². The highest BCUT2D eigenvalue weighted by atomic mass is 35.5. The fourth-order valence-corrected chi connectivity index (χ4v) is 3.68. The van der Waals surface area contributed by atoms with Crippen molar-refractivity contribution in [1.82, 2.24) is 4.90 Å². The molecule has 4 rings (SSSR count). The summed E-state index contributed by atoms with van der Waals surface area (Å²) in [7, 11) is 0. The average molecular weight is 398 g/mol. The van der Waals surface area contributed by atoms with E-state index in [0.717, 1.165) is 27.6 Å². The van der Waals surface area contributed by atoms with Crippen molar-refractivity contribution in [3.63, 3.8) is 0 Å². The largest absolute Gasteiger partial charge is 0.422 e. The van der Waals surface area contributed by atoms with E-state index in [9.17, 15) is 14.4 Å². The first-order chi connectivity index (χ1) is 13.0. The Morgan fingerprint density at radius 1 is 1.04 bits per heavy atom. The number of carbonyl (C=O) groups excluding carboxylic acids is 2. The molecule has 1 aliphatic rings. The van der Waals surface area contributed by atoms with E-state index in [1.807, 2.05) is 12.1 Å². The molecule has 0 aliphatic carbocycles. The normalized spacial score (nSPS) is 15.9. The Morgan fingerprint density at radius 3 is 2.56 bits per heavy atom. The van der Waals surface area contributed by atoms with Gasteiger partial charge in [-0.1, -0.05) is 41.9 Å². The molecule has 0 atom stereocenters. The molecule has 2 aromatic carbocycles. The lowest BCUT2D eigenvalue weighted by molar-refractivity contribution is -0.123. The predicted molar refractivity (Wildman–Crippen MR) is 105 cm³/mol. The molecule has 0 spiro atoms. The molecule has 2 amide bonds. The summed E-state index contributed by atoms with van der Waals surface area (Å²) in [5, 5.41) is 0.936. The SMILES string of the molecule is O=C1SC(=Cc2cc3ccccc3oc2=O)C(=O)N1Cc1ccc(Cl)cc1. The van der Waals surface area contributed by atoms with Crippen LogP contribution in [0.15, 0.2) is 68.7 Å². The second-order valence-corrected chi connectivity index (χ2v) is 7.35. The van der Waals surface area contributed by atoms with E-state index in [-0.39, 0.29) is 22.3 Å². The van der Waals surface area contributed by atoms with Gasteiger partial charge in [0.2, 0.25) is 0 Å². The minimum absolute atomic E-state index is 0.144. The van der Waals surface area contributed by atoms with Gasteiger partial charge in [0.1, 0.15) is 5.58 Å². The highest BCUT2D eigenvalue weighted by molar-refractivity contribution is 8.18. The average Bonchev–Trinajstić information content (AvgIpc) is 2.91. The Bertz CT molecular complexity index is 1150. The van der Waals surface area contributed by atoms with Gasteiger partial charge in [0, 0.05) is 10.4 Å². The molecule has 0 bridgehead atoms. The van der Waals surface area contributed by atoms with Gasteiger partial charge in [0.25, 0.3) is 11.1 Å². The van der Waals surface area contributed by atoms with Gasteiger partial charge in [-0.3, -0.25) is 14.5 Å². The molecule has 134 valence electrons. The molecular formula is C20H12ClNO4S. The highest BCUT2D eigenvalue weighted by Crippen LogP contribution is 2.33. The Hall–Kier alpha value is -2.83. The maximum absolute atomic E-state index is 12.6. The van der Waals surface area contributed by atoms with Gasteiger partial charge in [0.05, 0.1) is 17.0 Å². The molecule has 27 heavy (non-hydrogen) atoms. The van der Waals surface area contributed by atoms with E-state index in [0.29, 0.717) is 10.6 Å². The second kappa shape index (κ2) is 7.06. The maximum atomic E-state index is 12.6. The molecule has 2 heterocycles. The Morgan fingerprint density at radius 2 is 1.78 bits per heavy atom. The van der Waals surface area contributed by atoms with Crippen LogP contribution in [0.4, 0.5) is 4.79 Å². The van der Waals surface area contributed by atoms with E-state index in [4.69, 9.17) is 16.0 Å². The fourth-order valence-electron chi connectivity index (χ4n) is 2.73. The first-order valence-electron chi connectivity index (χ1n) is 8.04. The molecule has 0 unspecified atom stereocenters. The van der Waals surface area contributed by atoms with Crippen molar-refractivity contribution in [2.45, 2.75) is 6.54 Å². The van der Waals surface area contributed by atoms with Crippen molar-refractivity contribution in [1.29, 1.82) is 0 Å². The van der Waals surface area contributed by atoms with Crippen LogP contribution in [0.3, 0.4) is 0 Å². The van der Waals surface area contributed by atoms with Crippen molar-refractivity contribution < 1.29 is 14.0 Å². The van der Waals surface area contributed by atoms with Crippen LogP contribution in [0.1, 0.15) is 11.1 Å². The van der Waals surface area contributed by atoms with Gasteiger partial charge < -0.3 is 4.42 Å². The third kappa shape index (κ3) is 3.54. The van der Waals surface area contributed by atoms with E-state index >= 15 is 0 Å². The van der Waals surface area contributed by atoms with Gasteiger partial charge >= 0.3 is 5.63 Å². The molecule has 0 saturated carbocycles. The lowest BCUT2D eigenvalue weighted by Gasteiger charge is -2.12. The number of halogens is 1. The quantitative estimate of drug-likeness (QED) is 0.474. The van der Waals surface area contributed by atoms with Crippen LogP contribution in [0.2, 0.25) is 5.02 Å². The summed E-state index contributed by atoms with van der Waals surface area (Å²) in [4.78, 5) is 38.4. The van der Waals surface area contributed by atoms with Gasteiger partial charge in [-0.2, -0.15) is 0 Å². The Labute approximate surface area is 163 Å². The number of benzene rings is 2. The zero-order chi connectivity index (χ0) is 19.0. The number of carbonyl (C=O) groups is 2. The summed E-state index contributed by atoms with van der Waals surface area (Å²) in [6.45, 7) is 0.144.